The molecule has 1 amide bonds. The van der Waals surface area contributed by atoms with E-state index in [-0.39, 0.29) is 12.5 Å². The second-order valence-electron chi connectivity index (χ2n) is 10.6. The lowest BCUT2D eigenvalue weighted by Crippen LogP contribution is -2.22. The average Bonchev–Trinajstić information content (AvgIpc) is 3.60. The molecule has 0 unspecified atom stereocenters. The van der Waals surface area contributed by atoms with Crippen LogP contribution in [0.3, 0.4) is 0 Å². The zero-order valence-electron chi connectivity index (χ0n) is 23.5. The number of rotatable bonds is 12. The summed E-state index contributed by atoms with van der Waals surface area (Å²) in [6.07, 6.45) is 5.01. The lowest BCUT2D eigenvalue weighted by atomic mass is 10.0. The summed E-state index contributed by atoms with van der Waals surface area (Å²) in [4.78, 5) is 21.9. The van der Waals surface area contributed by atoms with Gasteiger partial charge in [0.25, 0.3) is 11.1 Å². The van der Waals surface area contributed by atoms with E-state index in [1.54, 1.807) is 31.9 Å². The molecule has 12 heteroatoms. The number of nitrogens with zero attached hydrogens (tertiary/aromatic N) is 5. The molecule has 0 fully saturated rings. The molecule has 0 aliphatic heterocycles. The zero-order valence-corrected chi connectivity index (χ0v) is 25.3. The third-order valence-corrected chi connectivity index (χ3v) is 8.84. The van der Waals surface area contributed by atoms with E-state index in [1.807, 2.05) is 47.0 Å². The predicted octanol–water partition coefficient (Wildman–Crippen LogP) is 6.10. The molecule has 0 bridgehead atoms. The predicted molar refractivity (Wildman–Crippen MR) is 162 cm³/mol. The van der Waals surface area contributed by atoms with Gasteiger partial charge < -0.3 is 18.8 Å². The van der Waals surface area contributed by atoms with Crippen molar-refractivity contribution in [1.82, 2.24) is 24.7 Å². The van der Waals surface area contributed by atoms with Gasteiger partial charge in [-0.25, -0.2) is 4.98 Å². The van der Waals surface area contributed by atoms with Gasteiger partial charge in [-0.15, -0.1) is 5.10 Å². The van der Waals surface area contributed by atoms with Crippen molar-refractivity contribution in [2.75, 3.05) is 19.0 Å². The summed E-state index contributed by atoms with van der Waals surface area (Å²) < 4.78 is 19.4. The molecule has 2 aromatic carbocycles. The molecule has 212 valence electrons. The average molecular weight is 589 g/mol. The number of hydrogen-bond donors (Lipinski definition) is 1. The van der Waals surface area contributed by atoms with Crippen molar-refractivity contribution in [3.63, 3.8) is 0 Å². The van der Waals surface area contributed by atoms with Crippen LogP contribution in [-0.2, 0) is 18.1 Å². The van der Waals surface area contributed by atoms with E-state index in [2.05, 4.69) is 45.1 Å². The Hall–Kier alpha value is -4.13. The van der Waals surface area contributed by atoms with Gasteiger partial charge >= 0.3 is 0 Å². The summed E-state index contributed by atoms with van der Waals surface area (Å²) in [5, 5.41) is 11.7. The molecule has 0 atom stereocenters. The molecule has 3 heterocycles. The van der Waals surface area contributed by atoms with E-state index in [9.17, 15) is 4.79 Å². The molecule has 0 aliphatic rings. The van der Waals surface area contributed by atoms with Crippen LogP contribution in [0.1, 0.15) is 15.9 Å². The van der Waals surface area contributed by atoms with Crippen molar-refractivity contribution < 1.29 is 19.0 Å². The fourth-order valence-corrected chi connectivity index (χ4v) is 5.60. The number of methoxy groups -OCH3 is 1. The Morgan fingerprint density at radius 3 is 2.73 bits per heavy atom. The smallest absolute Gasteiger partial charge is 0.296 e. The molecule has 5 aromatic rings. The minimum atomic E-state index is -1.16. The molecule has 5 rings (SSSR count). The van der Waals surface area contributed by atoms with Crippen LogP contribution in [0.25, 0.3) is 22.2 Å². The van der Waals surface area contributed by atoms with Crippen molar-refractivity contribution >= 4 is 41.5 Å². The van der Waals surface area contributed by atoms with Gasteiger partial charge in [0.1, 0.15) is 19.1 Å². The van der Waals surface area contributed by atoms with Gasteiger partial charge in [0.2, 0.25) is 5.13 Å². The third kappa shape index (κ3) is 6.96. The van der Waals surface area contributed by atoms with Gasteiger partial charge in [-0.3, -0.25) is 15.1 Å². The highest BCUT2D eigenvalue weighted by Crippen LogP contribution is 2.32. The quantitative estimate of drug-likeness (QED) is 0.137. The Kier molecular flexibility index (Phi) is 8.72. The number of imidazole rings is 1. The molecule has 0 aliphatic carbocycles. The van der Waals surface area contributed by atoms with Gasteiger partial charge in [0.05, 0.1) is 30.0 Å². The Balaban J connectivity index is 1.25. The van der Waals surface area contributed by atoms with E-state index >= 15 is 0 Å². The minimum absolute atomic E-state index is 0.267. The number of para-hydroxylation sites is 2. The molecular weight excluding hydrogens is 557 g/mol. The number of amides is 1. The normalized spacial score (nSPS) is 11.5. The number of hydrogen-bond acceptors (Lipinski definition) is 9. The first-order valence-corrected chi connectivity index (χ1v) is 17.7. The van der Waals surface area contributed by atoms with Gasteiger partial charge in [-0.05, 0) is 35.6 Å². The lowest BCUT2D eigenvalue weighted by molar-refractivity contribution is 0.0896. The van der Waals surface area contributed by atoms with Crippen LogP contribution in [0.5, 0.6) is 10.9 Å². The molecule has 0 saturated carbocycles. The SMILES string of the molecule is COc1ccccc1-c1cnccc1C(=O)Nc1nnc(OCc2cccc3ncn(COCC[Si](C)(C)C)c23)s1. The zero-order chi connectivity index (χ0) is 28.8. The van der Waals surface area contributed by atoms with Crippen LogP contribution in [0, 0.1) is 0 Å². The van der Waals surface area contributed by atoms with E-state index in [0.29, 0.717) is 33.9 Å². The van der Waals surface area contributed by atoms with Crippen molar-refractivity contribution in [2.24, 2.45) is 0 Å². The molecule has 3 aromatic heterocycles. The maximum atomic E-state index is 13.2. The fraction of sp³-hybridized carbons (Fsp3) is 0.276. The minimum Gasteiger partial charge on any atom is -0.496 e. The lowest BCUT2D eigenvalue weighted by Gasteiger charge is -2.16. The summed E-state index contributed by atoms with van der Waals surface area (Å²) >= 11 is 1.16. The standard InChI is InChI=1S/C29H32N6O4SSi/c1-37-25-11-6-5-9-21(25)23-16-30-13-12-22(23)27(36)32-28-33-34-29(40-28)39-17-20-8-7-10-24-26(20)35(18-31-24)19-38-14-15-41(2,3)4/h5-13,16,18H,14-15,17,19H2,1-4H3,(H,32,33,36). The molecule has 41 heavy (non-hydrogen) atoms. The Morgan fingerprint density at radius 2 is 1.90 bits per heavy atom. The maximum Gasteiger partial charge on any atom is 0.296 e. The number of aromatic nitrogens is 5. The number of benzene rings is 2. The van der Waals surface area contributed by atoms with E-state index in [0.717, 1.165) is 46.1 Å². The van der Waals surface area contributed by atoms with Gasteiger partial charge in [-0.1, -0.05) is 55.1 Å². The number of carbonyl (C=O) groups is 1. The largest absolute Gasteiger partial charge is 0.496 e. The fourth-order valence-electron chi connectivity index (χ4n) is 4.26. The second kappa shape index (κ2) is 12.6. The number of anilines is 1. The number of nitrogens with one attached hydrogen (secondary N) is 1. The summed E-state index contributed by atoms with van der Waals surface area (Å²) in [6, 6.07) is 16.2. The summed E-state index contributed by atoms with van der Waals surface area (Å²) in [7, 11) is 0.432. The van der Waals surface area contributed by atoms with Crippen LogP contribution >= 0.6 is 11.3 Å². The monoisotopic (exact) mass is 588 g/mol. The van der Waals surface area contributed by atoms with Gasteiger partial charge in [0.15, 0.2) is 0 Å². The number of ether oxygens (including phenoxy) is 3. The second-order valence-corrected chi connectivity index (χ2v) is 17.1. The van der Waals surface area contributed by atoms with Crippen LogP contribution in [-0.4, -0.2) is 52.4 Å². The summed E-state index contributed by atoms with van der Waals surface area (Å²) in [5.41, 5.74) is 4.64. The number of carbonyl (C=O) groups excluding carboxylic acids is 1. The van der Waals surface area contributed by atoms with Crippen molar-refractivity contribution in [3.8, 4) is 22.1 Å². The molecule has 0 saturated heterocycles. The molecular formula is C29H32N6O4SSi. The highest BCUT2D eigenvalue weighted by Gasteiger charge is 2.18. The molecule has 0 spiro atoms. The van der Waals surface area contributed by atoms with Crippen molar-refractivity contribution in [2.45, 2.75) is 39.0 Å². The molecule has 10 nitrogen and oxygen atoms in total. The van der Waals surface area contributed by atoms with Crippen LogP contribution in [0.15, 0.2) is 67.3 Å². The first-order valence-electron chi connectivity index (χ1n) is 13.2. The molecule has 1 N–H and O–H groups in total. The topological polar surface area (TPSA) is 113 Å². The molecule has 0 radical (unpaired) electrons. The highest BCUT2D eigenvalue weighted by molar-refractivity contribution is 7.17. The third-order valence-electron chi connectivity index (χ3n) is 6.39. The van der Waals surface area contributed by atoms with E-state index in [4.69, 9.17) is 14.2 Å². The number of fused-ring (bicyclic) bond motifs is 1. The Labute approximate surface area is 243 Å². The van der Waals surface area contributed by atoms with Gasteiger partial charge in [-0.2, -0.15) is 0 Å². The van der Waals surface area contributed by atoms with E-state index < -0.39 is 8.07 Å². The first kappa shape index (κ1) is 28.4. The highest BCUT2D eigenvalue weighted by atomic mass is 32.1. The van der Waals surface area contributed by atoms with Gasteiger partial charge in [0, 0.05) is 43.8 Å². The Morgan fingerprint density at radius 1 is 1.05 bits per heavy atom. The van der Waals surface area contributed by atoms with Crippen molar-refractivity contribution in [3.05, 3.63) is 78.4 Å². The summed E-state index contributed by atoms with van der Waals surface area (Å²) in [6.45, 7) is 8.43. The van der Waals surface area contributed by atoms with Crippen LogP contribution < -0.4 is 14.8 Å². The number of pyridine rings is 1. The summed E-state index contributed by atoms with van der Waals surface area (Å²) in [5.74, 6) is 0.314. The first-order chi connectivity index (χ1) is 19.8. The van der Waals surface area contributed by atoms with Crippen LogP contribution in [0.4, 0.5) is 5.13 Å². The van der Waals surface area contributed by atoms with E-state index in [1.165, 1.54) is 0 Å². The van der Waals surface area contributed by atoms with Crippen LogP contribution in [0.2, 0.25) is 25.7 Å². The Bertz CT molecular complexity index is 1650. The van der Waals surface area contributed by atoms with Crippen molar-refractivity contribution in [1.29, 1.82) is 0 Å². The maximum absolute atomic E-state index is 13.2.